The zero-order chi connectivity index (χ0) is 7.68. The summed E-state index contributed by atoms with van der Waals surface area (Å²) in [5, 5.41) is 8.52. The van der Waals surface area contributed by atoms with Gasteiger partial charge in [0.1, 0.15) is 0 Å². The Morgan fingerprint density at radius 3 is 3.18 bits per heavy atom. The molecular formula is C9H14N2. The van der Waals surface area contributed by atoms with Gasteiger partial charge in [-0.3, -0.25) is 0 Å². The van der Waals surface area contributed by atoms with Crippen molar-refractivity contribution in [1.29, 1.82) is 5.26 Å². The van der Waals surface area contributed by atoms with Gasteiger partial charge >= 0.3 is 0 Å². The number of fused-ring (bicyclic) bond motifs is 1. The van der Waals surface area contributed by atoms with Crippen molar-refractivity contribution in [3.63, 3.8) is 0 Å². The minimum atomic E-state index is 0.685. The third-order valence-electron chi connectivity index (χ3n) is 2.98. The van der Waals surface area contributed by atoms with E-state index in [2.05, 4.69) is 11.0 Å². The highest BCUT2D eigenvalue weighted by Gasteiger charge is 2.34. The van der Waals surface area contributed by atoms with Crippen LogP contribution in [0.4, 0.5) is 0 Å². The molecule has 2 aliphatic rings. The molecule has 2 saturated heterocycles. The van der Waals surface area contributed by atoms with Crippen LogP contribution in [0.15, 0.2) is 0 Å². The summed E-state index contributed by atoms with van der Waals surface area (Å²) in [4.78, 5) is 2.56. The van der Waals surface area contributed by atoms with E-state index in [1.807, 2.05) is 0 Å². The summed E-state index contributed by atoms with van der Waals surface area (Å²) in [5.41, 5.74) is 0. The summed E-state index contributed by atoms with van der Waals surface area (Å²) in [6.07, 6.45) is 4.81. The number of hydrogen-bond donors (Lipinski definition) is 0. The van der Waals surface area contributed by atoms with Gasteiger partial charge in [0.15, 0.2) is 0 Å². The second kappa shape index (κ2) is 2.83. The van der Waals surface area contributed by atoms with Crippen molar-refractivity contribution in [2.45, 2.75) is 31.7 Å². The fourth-order valence-electron chi connectivity index (χ4n) is 2.47. The Morgan fingerprint density at radius 1 is 1.55 bits per heavy atom. The van der Waals surface area contributed by atoms with Gasteiger partial charge in [-0.05, 0) is 31.7 Å². The van der Waals surface area contributed by atoms with Crippen molar-refractivity contribution in [3.8, 4) is 6.07 Å². The first-order valence-corrected chi connectivity index (χ1v) is 4.51. The molecule has 1 unspecified atom stereocenters. The van der Waals surface area contributed by atoms with Crippen LogP contribution >= 0.6 is 0 Å². The van der Waals surface area contributed by atoms with Crippen LogP contribution in [0.1, 0.15) is 25.7 Å². The quantitative estimate of drug-likeness (QED) is 0.564. The van der Waals surface area contributed by atoms with Crippen LogP contribution in [-0.4, -0.2) is 24.0 Å². The maximum atomic E-state index is 8.52. The van der Waals surface area contributed by atoms with Crippen LogP contribution in [0.25, 0.3) is 0 Å². The van der Waals surface area contributed by atoms with E-state index in [9.17, 15) is 0 Å². The standard InChI is InChI=1S/C9H14N2/c10-4-3-8-6-9-2-1-5-11(9)7-8/h8-9H,1-3,5-7H2/t8-,9?/m0/s1. The number of rotatable bonds is 1. The van der Waals surface area contributed by atoms with Crippen LogP contribution in [0.2, 0.25) is 0 Å². The molecule has 2 nitrogen and oxygen atoms in total. The first-order valence-electron chi connectivity index (χ1n) is 4.51. The van der Waals surface area contributed by atoms with E-state index < -0.39 is 0 Å². The molecule has 2 fully saturated rings. The van der Waals surface area contributed by atoms with Crippen LogP contribution in [-0.2, 0) is 0 Å². The van der Waals surface area contributed by atoms with Crippen LogP contribution in [0, 0.1) is 17.2 Å². The summed E-state index contributed by atoms with van der Waals surface area (Å²) in [6, 6.07) is 3.11. The number of hydrogen-bond acceptors (Lipinski definition) is 2. The fourth-order valence-corrected chi connectivity index (χ4v) is 2.47. The SMILES string of the molecule is N#CC[C@H]1CC2CCCN2C1. The molecule has 60 valence electrons. The zero-order valence-corrected chi connectivity index (χ0v) is 6.79. The minimum Gasteiger partial charge on any atom is -0.300 e. The molecule has 0 aromatic rings. The Hall–Kier alpha value is -0.550. The van der Waals surface area contributed by atoms with Crippen LogP contribution in [0.3, 0.4) is 0 Å². The lowest BCUT2D eigenvalue weighted by atomic mass is 10.0. The van der Waals surface area contributed by atoms with E-state index in [0.717, 1.165) is 12.5 Å². The van der Waals surface area contributed by atoms with Crippen molar-refractivity contribution >= 4 is 0 Å². The smallest absolute Gasteiger partial charge is 0.0625 e. The van der Waals surface area contributed by atoms with Crippen molar-refractivity contribution < 1.29 is 0 Å². The predicted octanol–water partition coefficient (Wildman–Crippen LogP) is 1.38. The molecular weight excluding hydrogens is 136 g/mol. The second-order valence-corrected chi connectivity index (χ2v) is 3.75. The summed E-state index contributed by atoms with van der Waals surface area (Å²) >= 11 is 0. The highest BCUT2D eigenvalue weighted by atomic mass is 15.2. The predicted molar refractivity (Wildman–Crippen MR) is 42.9 cm³/mol. The normalized spacial score (nSPS) is 37.0. The Bertz CT molecular complexity index is 170. The molecule has 2 atom stereocenters. The van der Waals surface area contributed by atoms with Crippen LogP contribution < -0.4 is 0 Å². The van der Waals surface area contributed by atoms with Gasteiger partial charge in [-0.15, -0.1) is 0 Å². The zero-order valence-electron chi connectivity index (χ0n) is 6.79. The maximum Gasteiger partial charge on any atom is 0.0625 e. The monoisotopic (exact) mass is 150 g/mol. The molecule has 2 heteroatoms. The molecule has 2 heterocycles. The third-order valence-corrected chi connectivity index (χ3v) is 2.98. The molecule has 0 bridgehead atoms. The molecule has 0 spiro atoms. The largest absolute Gasteiger partial charge is 0.300 e. The lowest BCUT2D eigenvalue weighted by molar-refractivity contribution is 0.318. The van der Waals surface area contributed by atoms with E-state index in [4.69, 9.17) is 5.26 Å². The number of nitriles is 1. The first kappa shape index (κ1) is 7.12. The Balaban J connectivity index is 1.90. The highest BCUT2D eigenvalue weighted by Crippen LogP contribution is 2.32. The Morgan fingerprint density at radius 2 is 2.45 bits per heavy atom. The summed E-state index contributed by atoms with van der Waals surface area (Å²) in [6.45, 7) is 2.48. The van der Waals surface area contributed by atoms with Gasteiger partial charge in [0, 0.05) is 19.0 Å². The average Bonchev–Trinajstić information content (AvgIpc) is 2.46. The van der Waals surface area contributed by atoms with Gasteiger partial charge in [-0.2, -0.15) is 5.26 Å². The second-order valence-electron chi connectivity index (χ2n) is 3.75. The van der Waals surface area contributed by atoms with Gasteiger partial charge in [0.25, 0.3) is 0 Å². The lowest BCUT2D eigenvalue weighted by Gasteiger charge is -2.12. The maximum absolute atomic E-state index is 8.52. The topological polar surface area (TPSA) is 27.0 Å². The summed E-state index contributed by atoms with van der Waals surface area (Å²) < 4.78 is 0. The van der Waals surface area contributed by atoms with Gasteiger partial charge in [-0.1, -0.05) is 0 Å². The van der Waals surface area contributed by atoms with Gasteiger partial charge in [0.2, 0.25) is 0 Å². The lowest BCUT2D eigenvalue weighted by Crippen LogP contribution is -2.22. The Labute approximate surface area is 67.8 Å². The van der Waals surface area contributed by atoms with Gasteiger partial charge < -0.3 is 4.90 Å². The third kappa shape index (κ3) is 1.25. The van der Waals surface area contributed by atoms with Crippen LogP contribution in [0.5, 0.6) is 0 Å². The molecule has 0 amide bonds. The molecule has 2 aliphatic heterocycles. The van der Waals surface area contributed by atoms with Crippen molar-refractivity contribution in [2.75, 3.05) is 13.1 Å². The molecule has 0 aliphatic carbocycles. The van der Waals surface area contributed by atoms with Crippen molar-refractivity contribution in [1.82, 2.24) is 4.90 Å². The molecule has 0 radical (unpaired) electrons. The van der Waals surface area contributed by atoms with Crippen molar-refractivity contribution in [3.05, 3.63) is 0 Å². The molecule has 0 aromatic carbocycles. The molecule has 2 rings (SSSR count). The number of nitrogens with zero attached hydrogens (tertiary/aromatic N) is 2. The summed E-state index contributed by atoms with van der Waals surface area (Å²) in [5.74, 6) is 0.685. The molecule has 0 saturated carbocycles. The van der Waals surface area contributed by atoms with E-state index in [-0.39, 0.29) is 0 Å². The van der Waals surface area contributed by atoms with Crippen molar-refractivity contribution in [2.24, 2.45) is 5.92 Å². The molecule has 0 aromatic heterocycles. The van der Waals surface area contributed by atoms with Gasteiger partial charge in [-0.25, -0.2) is 0 Å². The van der Waals surface area contributed by atoms with E-state index in [1.54, 1.807) is 0 Å². The minimum absolute atomic E-state index is 0.685. The highest BCUT2D eigenvalue weighted by molar-refractivity contribution is 4.92. The van der Waals surface area contributed by atoms with E-state index in [0.29, 0.717) is 5.92 Å². The molecule has 0 N–H and O–H groups in total. The molecule has 11 heavy (non-hydrogen) atoms. The fraction of sp³-hybridized carbons (Fsp3) is 0.889. The Kier molecular flexibility index (Phi) is 1.83. The first-order chi connectivity index (χ1) is 5.40. The van der Waals surface area contributed by atoms with E-state index in [1.165, 1.54) is 32.4 Å². The summed E-state index contributed by atoms with van der Waals surface area (Å²) in [7, 11) is 0. The van der Waals surface area contributed by atoms with Gasteiger partial charge in [0.05, 0.1) is 6.07 Å². The average molecular weight is 150 g/mol. The van der Waals surface area contributed by atoms with E-state index >= 15 is 0 Å².